The van der Waals surface area contributed by atoms with Crippen LogP contribution in [0.25, 0.3) is 0 Å². The Bertz CT molecular complexity index is 817. The van der Waals surface area contributed by atoms with Crippen LogP contribution in [-0.2, 0) is 0 Å². The third-order valence-electron chi connectivity index (χ3n) is 3.03. The molecule has 0 atom stereocenters. The molecule has 0 heterocycles. The molecule has 0 aromatic heterocycles. The number of nitro benzene ring substituents is 1. The molecule has 0 aliphatic carbocycles. The molecule has 9 heteroatoms. The van der Waals surface area contributed by atoms with Gasteiger partial charge in [-0.2, -0.15) is 5.10 Å². The third-order valence-corrected chi connectivity index (χ3v) is 4.21. The van der Waals surface area contributed by atoms with E-state index in [9.17, 15) is 14.9 Å². The number of amides is 1. The first-order valence-electron chi connectivity index (χ1n) is 7.12. The highest BCUT2D eigenvalue weighted by Gasteiger charge is 2.18. The number of para-hydroxylation sites is 1. The number of nitrogens with one attached hydrogen (secondary N) is 1. The Labute approximate surface area is 160 Å². The normalized spacial score (nSPS) is 10.7. The molecule has 2 rings (SSSR count). The first kappa shape index (κ1) is 19.1. The van der Waals surface area contributed by atoms with E-state index in [0.717, 1.165) is 8.95 Å². The van der Waals surface area contributed by atoms with Crippen LogP contribution in [0.2, 0.25) is 0 Å². The first-order valence-corrected chi connectivity index (χ1v) is 8.71. The number of hydrogen-bond acceptors (Lipinski definition) is 5. The number of ether oxygens (including phenoxy) is 1. The smallest absolute Gasteiger partial charge is 0.282 e. The maximum Gasteiger partial charge on any atom is 0.282 e. The number of benzene rings is 2. The van der Waals surface area contributed by atoms with Crippen molar-refractivity contribution >= 4 is 49.7 Å². The number of hydrogen-bond donors (Lipinski definition) is 1. The summed E-state index contributed by atoms with van der Waals surface area (Å²) < 4.78 is 6.95. The number of carbonyl (C=O) groups excluding carboxylic acids is 1. The Hall–Kier alpha value is -2.26. The van der Waals surface area contributed by atoms with Crippen LogP contribution in [0.3, 0.4) is 0 Å². The Morgan fingerprint density at radius 2 is 1.96 bits per heavy atom. The van der Waals surface area contributed by atoms with Crippen molar-refractivity contribution in [3.8, 4) is 5.75 Å². The highest BCUT2D eigenvalue weighted by Crippen LogP contribution is 2.34. The number of carbonyl (C=O) groups is 1. The Morgan fingerprint density at radius 3 is 2.56 bits per heavy atom. The molecule has 130 valence electrons. The summed E-state index contributed by atoms with van der Waals surface area (Å²) in [5, 5.41) is 14.8. The van der Waals surface area contributed by atoms with Gasteiger partial charge in [0.1, 0.15) is 11.3 Å². The predicted molar refractivity (Wildman–Crippen MR) is 101 cm³/mol. The summed E-state index contributed by atoms with van der Waals surface area (Å²) in [5.41, 5.74) is 2.65. The number of rotatable bonds is 6. The van der Waals surface area contributed by atoms with Gasteiger partial charge < -0.3 is 4.74 Å². The van der Waals surface area contributed by atoms with Crippen LogP contribution in [0.15, 0.2) is 50.4 Å². The van der Waals surface area contributed by atoms with Gasteiger partial charge in [0.25, 0.3) is 11.6 Å². The zero-order valence-corrected chi connectivity index (χ0v) is 16.2. The van der Waals surface area contributed by atoms with Crippen molar-refractivity contribution in [1.82, 2.24) is 5.43 Å². The molecular formula is C16H13Br2N3O4. The van der Waals surface area contributed by atoms with E-state index in [-0.39, 0.29) is 11.3 Å². The van der Waals surface area contributed by atoms with E-state index in [4.69, 9.17) is 4.74 Å². The summed E-state index contributed by atoms with van der Waals surface area (Å²) in [6.45, 7) is 2.41. The van der Waals surface area contributed by atoms with E-state index < -0.39 is 10.8 Å². The third kappa shape index (κ3) is 4.86. The average Bonchev–Trinajstić information content (AvgIpc) is 2.58. The average molecular weight is 471 g/mol. The van der Waals surface area contributed by atoms with Crippen LogP contribution in [0, 0.1) is 10.1 Å². The molecular weight excluding hydrogens is 458 g/mol. The zero-order chi connectivity index (χ0) is 18.4. The summed E-state index contributed by atoms with van der Waals surface area (Å²) in [4.78, 5) is 22.4. The lowest BCUT2D eigenvalue weighted by molar-refractivity contribution is -0.385. The van der Waals surface area contributed by atoms with Gasteiger partial charge in [-0.3, -0.25) is 14.9 Å². The lowest BCUT2D eigenvalue weighted by Crippen LogP contribution is -2.18. The first-order chi connectivity index (χ1) is 11.9. The van der Waals surface area contributed by atoms with Crippen LogP contribution in [-0.4, -0.2) is 23.7 Å². The molecule has 0 radical (unpaired) electrons. The molecule has 2 aromatic carbocycles. The molecule has 0 saturated heterocycles. The van der Waals surface area contributed by atoms with Crippen molar-refractivity contribution in [2.24, 2.45) is 5.10 Å². The molecule has 0 aliphatic rings. The van der Waals surface area contributed by atoms with Crippen LogP contribution in [0.4, 0.5) is 5.69 Å². The maximum atomic E-state index is 12.1. The summed E-state index contributed by atoms with van der Waals surface area (Å²) >= 11 is 6.81. The van der Waals surface area contributed by atoms with Gasteiger partial charge in [-0.15, -0.1) is 0 Å². The summed E-state index contributed by atoms with van der Waals surface area (Å²) in [7, 11) is 0. The van der Waals surface area contributed by atoms with Gasteiger partial charge in [0.05, 0.1) is 26.7 Å². The fourth-order valence-electron chi connectivity index (χ4n) is 1.99. The van der Waals surface area contributed by atoms with Gasteiger partial charge in [0, 0.05) is 6.07 Å². The standard InChI is InChI=1S/C16H13Br2N3O4/c1-2-25-15-12(17)7-10(8-13(15)18)9-19-20-16(22)11-5-3-4-6-14(11)21(23)24/h3-9H,2H2,1H3,(H,20,22)/b19-9-. The van der Waals surface area contributed by atoms with E-state index in [0.29, 0.717) is 17.9 Å². The molecule has 0 aliphatic heterocycles. The minimum Gasteiger partial charge on any atom is -0.492 e. The fraction of sp³-hybridized carbons (Fsp3) is 0.125. The van der Waals surface area contributed by atoms with Gasteiger partial charge in [0.2, 0.25) is 0 Å². The van der Waals surface area contributed by atoms with Gasteiger partial charge in [0.15, 0.2) is 0 Å². The van der Waals surface area contributed by atoms with Gasteiger partial charge in [-0.1, -0.05) is 12.1 Å². The number of nitrogens with zero attached hydrogens (tertiary/aromatic N) is 2. The highest BCUT2D eigenvalue weighted by atomic mass is 79.9. The fourth-order valence-corrected chi connectivity index (χ4v) is 3.44. The molecule has 2 aromatic rings. The van der Waals surface area contributed by atoms with Crippen LogP contribution in [0.1, 0.15) is 22.8 Å². The van der Waals surface area contributed by atoms with Crippen molar-refractivity contribution in [3.05, 3.63) is 66.6 Å². The van der Waals surface area contributed by atoms with E-state index in [2.05, 4.69) is 42.4 Å². The lowest BCUT2D eigenvalue weighted by atomic mass is 10.2. The van der Waals surface area contributed by atoms with Gasteiger partial charge in [-0.25, -0.2) is 5.43 Å². The molecule has 1 N–H and O–H groups in total. The SMILES string of the molecule is CCOc1c(Br)cc(/C=N\NC(=O)c2ccccc2[N+](=O)[O-])cc1Br. The maximum absolute atomic E-state index is 12.1. The molecule has 0 bridgehead atoms. The molecule has 0 saturated carbocycles. The monoisotopic (exact) mass is 469 g/mol. The van der Waals surface area contributed by atoms with E-state index in [1.165, 1.54) is 24.4 Å². The Morgan fingerprint density at radius 1 is 1.32 bits per heavy atom. The Kier molecular flexibility index (Phi) is 6.65. The van der Waals surface area contributed by atoms with Crippen LogP contribution in [0.5, 0.6) is 5.75 Å². The molecule has 25 heavy (non-hydrogen) atoms. The zero-order valence-electron chi connectivity index (χ0n) is 13.0. The van der Waals surface area contributed by atoms with Crippen molar-refractivity contribution in [2.75, 3.05) is 6.61 Å². The molecule has 0 fully saturated rings. The minimum atomic E-state index is -0.660. The second-order valence-corrected chi connectivity index (χ2v) is 6.43. The van der Waals surface area contributed by atoms with Gasteiger partial charge in [-0.05, 0) is 62.5 Å². The molecule has 1 amide bonds. The number of hydrazone groups is 1. The van der Waals surface area contributed by atoms with Crippen LogP contribution >= 0.6 is 31.9 Å². The van der Waals surface area contributed by atoms with Crippen molar-refractivity contribution in [2.45, 2.75) is 6.92 Å². The molecule has 7 nitrogen and oxygen atoms in total. The van der Waals surface area contributed by atoms with Crippen LogP contribution < -0.4 is 10.2 Å². The summed E-state index contributed by atoms with van der Waals surface area (Å²) in [5.74, 6) is 0.0104. The number of nitro groups is 1. The van der Waals surface area contributed by atoms with Crippen molar-refractivity contribution in [3.63, 3.8) is 0 Å². The second kappa shape index (κ2) is 8.72. The number of halogens is 2. The largest absolute Gasteiger partial charge is 0.492 e. The highest BCUT2D eigenvalue weighted by molar-refractivity contribution is 9.11. The van der Waals surface area contributed by atoms with Crippen molar-refractivity contribution in [1.29, 1.82) is 0 Å². The topological polar surface area (TPSA) is 93.8 Å². The molecule has 0 unspecified atom stereocenters. The predicted octanol–water partition coefficient (Wildman–Crippen LogP) is 4.28. The van der Waals surface area contributed by atoms with E-state index in [1.54, 1.807) is 18.2 Å². The van der Waals surface area contributed by atoms with E-state index in [1.807, 2.05) is 6.92 Å². The summed E-state index contributed by atoms with van der Waals surface area (Å²) in [6.07, 6.45) is 1.43. The summed E-state index contributed by atoms with van der Waals surface area (Å²) in [6, 6.07) is 9.22. The molecule has 0 spiro atoms. The quantitative estimate of drug-likeness (QED) is 0.387. The van der Waals surface area contributed by atoms with E-state index >= 15 is 0 Å². The minimum absolute atomic E-state index is 0.0568. The Balaban J connectivity index is 2.14. The van der Waals surface area contributed by atoms with Gasteiger partial charge >= 0.3 is 0 Å². The van der Waals surface area contributed by atoms with Crippen molar-refractivity contribution < 1.29 is 14.5 Å². The lowest BCUT2D eigenvalue weighted by Gasteiger charge is -2.09. The second-order valence-electron chi connectivity index (χ2n) is 4.72.